The van der Waals surface area contributed by atoms with E-state index in [0.717, 1.165) is 36.3 Å². The van der Waals surface area contributed by atoms with Gasteiger partial charge in [0.15, 0.2) is 5.82 Å². The topological polar surface area (TPSA) is 107 Å². The van der Waals surface area contributed by atoms with E-state index in [-0.39, 0.29) is 35.6 Å². The Morgan fingerprint density at radius 3 is 2.42 bits per heavy atom. The number of carbonyl (C=O) groups is 2. The van der Waals surface area contributed by atoms with Crippen molar-refractivity contribution in [2.75, 3.05) is 29.9 Å². The molecule has 0 aliphatic carbocycles. The van der Waals surface area contributed by atoms with Crippen LogP contribution in [0.3, 0.4) is 0 Å². The molecule has 1 aliphatic heterocycles. The number of anilines is 2. The Hall–Kier alpha value is -3.72. The minimum Gasteiger partial charge on any atom is -0.395 e. The van der Waals surface area contributed by atoms with Gasteiger partial charge in [-0.15, -0.1) is 0 Å². The van der Waals surface area contributed by atoms with Gasteiger partial charge in [-0.1, -0.05) is 29.3 Å². The van der Waals surface area contributed by atoms with Crippen LogP contribution in [0.4, 0.5) is 11.5 Å². The number of nitrogens with one attached hydrogen (secondary N) is 2. The van der Waals surface area contributed by atoms with Crippen molar-refractivity contribution < 1.29 is 14.7 Å². The lowest BCUT2D eigenvalue weighted by atomic mass is 9.93. The summed E-state index contributed by atoms with van der Waals surface area (Å²) in [6.45, 7) is 5.09. The van der Waals surface area contributed by atoms with Gasteiger partial charge in [0.05, 0.1) is 28.1 Å². The third-order valence-electron chi connectivity index (χ3n) is 6.93. The second-order valence-corrected chi connectivity index (χ2v) is 11.3. The number of aliphatic hydroxyl groups excluding tert-OH is 1. The molecule has 1 aliphatic rings. The summed E-state index contributed by atoms with van der Waals surface area (Å²) < 4.78 is 0. The van der Waals surface area contributed by atoms with E-state index in [1.54, 1.807) is 44.2 Å². The Morgan fingerprint density at radius 1 is 1.00 bits per heavy atom. The number of nitrogens with zero attached hydrogens (tertiary/aromatic N) is 3. The highest BCUT2D eigenvalue weighted by Gasteiger charge is 2.26. The minimum absolute atomic E-state index is 0.194. The van der Waals surface area contributed by atoms with E-state index >= 15 is 0 Å². The largest absolute Gasteiger partial charge is 0.395 e. The molecular weight excluding hydrogens is 549 g/mol. The van der Waals surface area contributed by atoms with Crippen molar-refractivity contribution >= 4 is 57.4 Å². The molecule has 1 aromatic heterocycles. The molecule has 206 valence electrons. The first kappa shape index (κ1) is 27.8. The Morgan fingerprint density at radius 2 is 1.75 bits per heavy atom. The van der Waals surface area contributed by atoms with Crippen molar-refractivity contribution in [1.82, 2.24) is 15.3 Å². The Kier molecular flexibility index (Phi) is 7.94. The smallest absolute Gasteiger partial charge is 0.257 e. The molecule has 2 heterocycles. The SMILES string of the molecule is CC(C)(CO)C(=O)NCc1ccc(Cl)c(C(=O)Nc2ccc3c(N4CCC4)nc(-c4ccc(Cl)cc4)nc3c2)c1. The number of rotatable bonds is 8. The van der Waals surface area contributed by atoms with Crippen molar-refractivity contribution in [3.8, 4) is 11.4 Å². The fourth-order valence-corrected chi connectivity index (χ4v) is 4.57. The van der Waals surface area contributed by atoms with Crippen LogP contribution in [0.25, 0.3) is 22.3 Å². The van der Waals surface area contributed by atoms with Crippen molar-refractivity contribution in [3.05, 3.63) is 81.8 Å². The monoisotopic (exact) mass is 577 g/mol. The zero-order chi connectivity index (χ0) is 28.4. The predicted molar refractivity (Wildman–Crippen MR) is 159 cm³/mol. The number of aromatic nitrogens is 2. The Balaban J connectivity index is 1.40. The van der Waals surface area contributed by atoms with Crippen molar-refractivity contribution in [1.29, 1.82) is 0 Å². The first-order chi connectivity index (χ1) is 19.1. The summed E-state index contributed by atoms with van der Waals surface area (Å²) in [5.74, 6) is 0.769. The van der Waals surface area contributed by atoms with Gasteiger partial charge in [0.1, 0.15) is 5.82 Å². The van der Waals surface area contributed by atoms with Crippen LogP contribution < -0.4 is 15.5 Å². The van der Waals surface area contributed by atoms with Gasteiger partial charge in [-0.05, 0) is 80.4 Å². The van der Waals surface area contributed by atoms with Gasteiger partial charge in [-0.3, -0.25) is 9.59 Å². The lowest BCUT2D eigenvalue weighted by Gasteiger charge is -2.33. The summed E-state index contributed by atoms with van der Waals surface area (Å²) in [6.07, 6.45) is 1.11. The van der Waals surface area contributed by atoms with Gasteiger partial charge < -0.3 is 20.6 Å². The summed E-state index contributed by atoms with van der Waals surface area (Å²) in [4.78, 5) is 37.4. The quantitative estimate of drug-likeness (QED) is 0.248. The molecule has 2 amide bonds. The fraction of sp³-hybridized carbons (Fsp3) is 0.267. The van der Waals surface area contributed by atoms with Crippen LogP contribution in [-0.2, 0) is 11.3 Å². The predicted octanol–water partition coefficient (Wildman–Crippen LogP) is 5.70. The number of carbonyl (C=O) groups excluding carboxylic acids is 2. The molecule has 10 heteroatoms. The summed E-state index contributed by atoms with van der Waals surface area (Å²) >= 11 is 12.4. The molecule has 5 rings (SSSR count). The minimum atomic E-state index is -0.908. The second kappa shape index (κ2) is 11.4. The molecule has 3 aromatic carbocycles. The molecule has 1 fully saturated rings. The molecule has 0 unspecified atom stereocenters. The third-order valence-corrected chi connectivity index (χ3v) is 7.51. The van der Waals surface area contributed by atoms with E-state index < -0.39 is 5.41 Å². The lowest BCUT2D eigenvalue weighted by Crippen LogP contribution is -2.38. The number of amides is 2. The first-order valence-electron chi connectivity index (χ1n) is 13.0. The number of fused-ring (bicyclic) bond motifs is 1. The highest BCUT2D eigenvalue weighted by atomic mass is 35.5. The molecule has 0 radical (unpaired) electrons. The van der Waals surface area contributed by atoms with Crippen LogP contribution >= 0.6 is 23.2 Å². The summed E-state index contributed by atoms with van der Waals surface area (Å²) in [5, 5.41) is 17.0. The van der Waals surface area contributed by atoms with E-state index in [9.17, 15) is 14.7 Å². The standard InChI is InChI=1S/C30H29Cl2N5O3/c1-30(2,17-38)29(40)33-16-18-4-11-24(32)23(14-18)28(39)34-21-9-10-22-25(15-21)35-26(19-5-7-20(31)8-6-19)36-27(22)37-12-3-13-37/h4-11,14-15,38H,3,12-13,16-17H2,1-2H3,(H,33,40)(H,34,39). The summed E-state index contributed by atoms with van der Waals surface area (Å²) in [7, 11) is 0. The number of hydrogen-bond acceptors (Lipinski definition) is 6. The van der Waals surface area contributed by atoms with Gasteiger partial charge in [0.2, 0.25) is 5.91 Å². The molecule has 0 bridgehead atoms. The van der Waals surface area contributed by atoms with Crippen molar-refractivity contribution in [3.63, 3.8) is 0 Å². The molecule has 8 nitrogen and oxygen atoms in total. The highest BCUT2D eigenvalue weighted by molar-refractivity contribution is 6.34. The molecular formula is C30H29Cl2N5O3. The average molecular weight is 579 g/mol. The van der Waals surface area contributed by atoms with E-state index in [1.807, 2.05) is 30.3 Å². The highest BCUT2D eigenvalue weighted by Crippen LogP contribution is 2.32. The van der Waals surface area contributed by atoms with Crippen molar-refractivity contribution in [2.24, 2.45) is 5.41 Å². The third kappa shape index (κ3) is 5.89. The van der Waals surface area contributed by atoms with E-state index in [1.165, 1.54) is 0 Å². The second-order valence-electron chi connectivity index (χ2n) is 10.4. The number of benzene rings is 3. The molecule has 4 aromatic rings. The van der Waals surface area contributed by atoms with Crippen molar-refractivity contribution in [2.45, 2.75) is 26.8 Å². The molecule has 0 atom stereocenters. The summed E-state index contributed by atoms with van der Waals surface area (Å²) in [6, 6.07) is 18.0. The van der Waals surface area contributed by atoms with Crippen LogP contribution in [-0.4, -0.2) is 46.6 Å². The number of aliphatic hydroxyl groups is 1. The first-order valence-corrected chi connectivity index (χ1v) is 13.7. The normalized spacial score (nSPS) is 13.2. The van der Waals surface area contributed by atoms with E-state index in [4.69, 9.17) is 33.2 Å². The number of hydrogen-bond donors (Lipinski definition) is 3. The Bertz CT molecular complexity index is 1590. The van der Waals surface area contributed by atoms with Gasteiger partial charge in [-0.25, -0.2) is 9.97 Å². The van der Waals surface area contributed by atoms with Crippen LogP contribution in [0.15, 0.2) is 60.7 Å². The molecule has 1 saturated heterocycles. The molecule has 40 heavy (non-hydrogen) atoms. The zero-order valence-corrected chi connectivity index (χ0v) is 23.7. The van der Waals surface area contributed by atoms with E-state index in [2.05, 4.69) is 15.5 Å². The molecule has 3 N–H and O–H groups in total. The van der Waals surface area contributed by atoms with Gasteiger partial charge >= 0.3 is 0 Å². The number of halogens is 2. The fourth-order valence-electron chi connectivity index (χ4n) is 4.24. The lowest BCUT2D eigenvalue weighted by molar-refractivity contribution is -0.131. The van der Waals surface area contributed by atoms with Crippen LogP contribution in [0, 0.1) is 5.41 Å². The van der Waals surface area contributed by atoms with Gasteiger partial charge in [0, 0.05) is 41.3 Å². The average Bonchev–Trinajstić information content (AvgIpc) is 2.91. The van der Waals surface area contributed by atoms with Gasteiger partial charge in [0.25, 0.3) is 5.91 Å². The van der Waals surface area contributed by atoms with E-state index in [0.29, 0.717) is 27.6 Å². The summed E-state index contributed by atoms with van der Waals surface area (Å²) in [5.41, 5.74) is 2.19. The molecule has 0 spiro atoms. The maximum absolute atomic E-state index is 13.2. The van der Waals surface area contributed by atoms with Gasteiger partial charge in [-0.2, -0.15) is 0 Å². The maximum Gasteiger partial charge on any atom is 0.257 e. The van der Waals surface area contributed by atoms with Crippen LogP contribution in [0.5, 0.6) is 0 Å². The zero-order valence-electron chi connectivity index (χ0n) is 22.2. The molecule has 0 saturated carbocycles. The van der Waals surface area contributed by atoms with Crippen LogP contribution in [0.2, 0.25) is 10.0 Å². The van der Waals surface area contributed by atoms with Crippen LogP contribution in [0.1, 0.15) is 36.2 Å². The Labute approximate surface area is 242 Å². The maximum atomic E-state index is 13.2.